The number of furan rings is 1. The molecule has 0 bridgehead atoms. The molecule has 28 heavy (non-hydrogen) atoms. The first-order valence-electron chi connectivity index (χ1n) is 9.52. The van der Waals surface area contributed by atoms with Gasteiger partial charge in [0.2, 0.25) is 10.0 Å². The lowest BCUT2D eigenvalue weighted by molar-refractivity contribution is 0.234. The highest BCUT2D eigenvalue weighted by molar-refractivity contribution is 7.89. The highest BCUT2D eigenvalue weighted by atomic mass is 32.2. The third kappa shape index (κ3) is 3.96. The van der Waals surface area contributed by atoms with Gasteiger partial charge in [-0.15, -0.1) is 22.7 Å². The maximum atomic E-state index is 13.7. The summed E-state index contributed by atoms with van der Waals surface area (Å²) in [5.41, 5.74) is 0.956. The Morgan fingerprint density at radius 3 is 2.68 bits per heavy atom. The van der Waals surface area contributed by atoms with Crippen LogP contribution in [0, 0.1) is 13.8 Å². The van der Waals surface area contributed by atoms with E-state index in [-0.39, 0.29) is 12.6 Å². The fourth-order valence-corrected chi connectivity index (χ4v) is 7.83. The summed E-state index contributed by atoms with van der Waals surface area (Å²) in [6.45, 7) is 4.11. The van der Waals surface area contributed by atoms with E-state index in [1.54, 1.807) is 34.0 Å². The van der Waals surface area contributed by atoms with Gasteiger partial charge in [-0.25, -0.2) is 13.4 Å². The predicted octanol–water partition coefficient (Wildman–Crippen LogP) is 5.61. The average molecular weight is 437 g/mol. The second-order valence-electron chi connectivity index (χ2n) is 7.25. The van der Waals surface area contributed by atoms with Crippen molar-refractivity contribution in [2.24, 2.45) is 0 Å². The maximum Gasteiger partial charge on any atom is 0.244 e. The molecule has 0 aliphatic heterocycles. The first-order chi connectivity index (χ1) is 13.4. The number of thiophene rings is 1. The van der Waals surface area contributed by atoms with E-state index in [0.29, 0.717) is 10.7 Å². The predicted molar refractivity (Wildman–Crippen MR) is 113 cm³/mol. The van der Waals surface area contributed by atoms with Crippen molar-refractivity contribution in [3.8, 4) is 9.88 Å². The Morgan fingerprint density at radius 2 is 2.04 bits per heavy atom. The van der Waals surface area contributed by atoms with Gasteiger partial charge in [-0.2, -0.15) is 4.31 Å². The van der Waals surface area contributed by atoms with E-state index in [0.717, 1.165) is 46.1 Å². The van der Waals surface area contributed by atoms with Crippen LogP contribution in [0.25, 0.3) is 9.88 Å². The van der Waals surface area contributed by atoms with E-state index in [1.807, 2.05) is 25.3 Å². The lowest BCUT2D eigenvalue weighted by Crippen LogP contribution is -2.40. The van der Waals surface area contributed by atoms with Crippen LogP contribution in [0.2, 0.25) is 0 Å². The number of nitrogens with zero attached hydrogens (tertiary/aromatic N) is 2. The summed E-state index contributed by atoms with van der Waals surface area (Å²) >= 11 is 3.05. The Hall–Kier alpha value is -1.48. The molecule has 0 aromatic carbocycles. The molecular formula is C20H24N2O3S3. The van der Waals surface area contributed by atoms with Crippen LogP contribution in [0.4, 0.5) is 0 Å². The van der Waals surface area contributed by atoms with Crippen LogP contribution in [0.5, 0.6) is 0 Å². The fraction of sp³-hybridized carbons (Fsp3) is 0.450. The van der Waals surface area contributed by atoms with Crippen LogP contribution in [-0.4, -0.2) is 23.7 Å². The van der Waals surface area contributed by atoms with E-state index in [1.165, 1.54) is 17.8 Å². The Morgan fingerprint density at radius 1 is 1.25 bits per heavy atom. The zero-order chi connectivity index (χ0) is 19.7. The van der Waals surface area contributed by atoms with Crippen LogP contribution in [0.3, 0.4) is 0 Å². The molecule has 3 heterocycles. The molecule has 3 aromatic heterocycles. The monoisotopic (exact) mass is 436 g/mol. The molecule has 150 valence electrons. The standard InChI is InChI=1S/C20H24N2O3S3/c1-14-13-26-20(21-14)18-11-19(15(2)27-18)28(23,24)22(12-17-9-6-10-25-17)16-7-4-3-5-8-16/h6,9-11,13,16H,3-5,7-8,12H2,1-2H3. The maximum absolute atomic E-state index is 13.7. The molecule has 0 amide bonds. The molecule has 5 nitrogen and oxygen atoms in total. The Kier molecular flexibility index (Phi) is 5.73. The number of sulfonamides is 1. The van der Waals surface area contributed by atoms with E-state index in [9.17, 15) is 8.42 Å². The van der Waals surface area contributed by atoms with Gasteiger partial charge in [-0.05, 0) is 44.9 Å². The summed E-state index contributed by atoms with van der Waals surface area (Å²) in [5.74, 6) is 0.679. The van der Waals surface area contributed by atoms with Crippen molar-refractivity contribution < 1.29 is 12.8 Å². The normalized spacial score (nSPS) is 16.1. The zero-order valence-electron chi connectivity index (χ0n) is 16.1. The number of aryl methyl sites for hydroxylation is 2. The Balaban J connectivity index is 1.71. The number of thiazole rings is 1. The molecule has 0 radical (unpaired) electrons. The smallest absolute Gasteiger partial charge is 0.244 e. The van der Waals surface area contributed by atoms with Gasteiger partial charge < -0.3 is 4.42 Å². The molecule has 0 spiro atoms. The zero-order valence-corrected chi connectivity index (χ0v) is 18.5. The van der Waals surface area contributed by atoms with E-state index in [4.69, 9.17) is 4.42 Å². The Bertz CT molecular complexity index is 1030. The van der Waals surface area contributed by atoms with Gasteiger partial charge in [-0.1, -0.05) is 19.3 Å². The van der Waals surface area contributed by atoms with Crippen molar-refractivity contribution in [3.63, 3.8) is 0 Å². The van der Waals surface area contributed by atoms with E-state index in [2.05, 4.69) is 4.98 Å². The Labute approximate surface area is 174 Å². The minimum atomic E-state index is -3.63. The topological polar surface area (TPSA) is 63.4 Å². The lowest BCUT2D eigenvalue weighted by atomic mass is 9.95. The van der Waals surface area contributed by atoms with Crippen molar-refractivity contribution in [3.05, 3.63) is 46.2 Å². The highest BCUT2D eigenvalue weighted by Gasteiger charge is 2.35. The van der Waals surface area contributed by atoms with Gasteiger partial charge in [-0.3, -0.25) is 0 Å². The SMILES string of the molecule is Cc1csc(-c2cc(S(=O)(=O)N(Cc3ccco3)C3CCCCC3)c(C)s2)n1. The minimum Gasteiger partial charge on any atom is -0.468 e. The van der Waals surface area contributed by atoms with E-state index < -0.39 is 10.0 Å². The van der Waals surface area contributed by atoms with Crippen LogP contribution in [0.1, 0.15) is 48.4 Å². The summed E-state index contributed by atoms with van der Waals surface area (Å²) in [5, 5.41) is 2.87. The molecule has 1 saturated carbocycles. The molecule has 1 aliphatic rings. The van der Waals surface area contributed by atoms with Gasteiger partial charge in [0.25, 0.3) is 0 Å². The van der Waals surface area contributed by atoms with Crippen molar-refractivity contribution >= 4 is 32.7 Å². The number of hydrogen-bond donors (Lipinski definition) is 0. The molecule has 0 atom stereocenters. The van der Waals surface area contributed by atoms with Crippen molar-refractivity contribution in [1.82, 2.24) is 9.29 Å². The molecule has 3 aromatic rings. The summed E-state index contributed by atoms with van der Waals surface area (Å²) < 4.78 is 34.6. The van der Waals surface area contributed by atoms with Gasteiger partial charge in [0.15, 0.2) is 0 Å². The quantitative estimate of drug-likeness (QED) is 0.504. The van der Waals surface area contributed by atoms with Crippen molar-refractivity contribution in [2.45, 2.75) is 63.4 Å². The van der Waals surface area contributed by atoms with E-state index >= 15 is 0 Å². The second-order valence-corrected chi connectivity index (χ2v) is 11.2. The summed E-state index contributed by atoms with van der Waals surface area (Å²) in [4.78, 5) is 6.64. The molecular weight excluding hydrogens is 412 g/mol. The third-order valence-corrected chi connectivity index (χ3v) is 9.50. The number of rotatable bonds is 6. The summed E-state index contributed by atoms with van der Waals surface area (Å²) in [6.07, 6.45) is 6.72. The first-order valence-corrected chi connectivity index (χ1v) is 12.7. The van der Waals surface area contributed by atoms with Crippen molar-refractivity contribution in [1.29, 1.82) is 0 Å². The molecule has 1 fully saturated rings. The van der Waals surface area contributed by atoms with Gasteiger partial charge in [0, 0.05) is 22.0 Å². The molecule has 1 aliphatic carbocycles. The minimum absolute atomic E-state index is 0.0220. The largest absolute Gasteiger partial charge is 0.468 e. The summed E-state index contributed by atoms with van der Waals surface area (Å²) in [6, 6.07) is 5.47. The second kappa shape index (κ2) is 8.10. The summed E-state index contributed by atoms with van der Waals surface area (Å²) in [7, 11) is -3.63. The van der Waals surface area contributed by atoms with Crippen LogP contribution in [0.15, 0.2) is 39.2 Å². The molecule has 8 heteroatoms. The van der Waals surface area contributed by atoms with Gasteiger partial charge in [0.1, 0.15) is 10.8 Å². The van der Waals surface area contributed by atoms with Crippen LogP contribution >= 0.6 is 22.7 Å². The number of hydrogen-bond acceptors (Lipinski definition) is 6. The third-order valence-electron chi connectivity index (χ3n) is 5.16. The molecule has 0 saturated heterocycles. The molecule has 0 N–H and O–H groups in total. The highest BCUT2D eigenvalue weighted by Crippen LogP contribution is 2.38. The molecule has 0 unspecified atom stereocenters. The fourth-order valence-electron chi connectivity index (χ4n) is 3.76. The first kappa shape index (κ1) is 19.8. The average Bonchev–Trinajstić information content (AvgIpc) is 3.41. The van der Waals surface area contributed by atoms with Crippen LogP contribution < -0.4 is 0 Å². The van der Waals surface area contributed by atoms with Gasteiger partial charge >= 0.3 is 0 Å². The molecule has 4 rings (SSSR count). The van der Waals surface area contributed by atoms with Crippen molar-refractivity contribution in [2.75, 3.05) is 0 Å². The van der Waals surface area contributed by atoms with Crippen LogP contribution in [-0.2, 0) is 16.6 Å². The number of aromatic nitrogens is 1. The lowest BCUT2D eigenvalue weighted by Gasteiger charge is -2.32. The van der Waals surface area contributed by atoms with Gasteiger partial charge in [0.05, 0.1) is 22.6 Å².